The molecule has 0 unspecified atom stereocenters. The molecule has 4 aromatic rings. The van der Waals surface area contributed by atoms with Gasteiger partial charge in [0, 0.05) is 5.56 Å². The molecular weight excluding hydrogens is 276 g/mol. The van der Waals surface area contributed by atoms with E-state index in [2.05, 4.69) is 39.6 Å². The maximum absolute atomic E-state index is 5.87. The molecule has 0 saturated heterocycles. The summed E-state index contributed by atoms with van der Waals surface area (Å²) >= 11 is 0. The van der Waals surface area contributed by atoms with Gasteiger partial charge in [-0.2, -0.15) is 5.10 Å². The number of furan rings is 1. The topological polar surface area (TPSA) is 56.2 Å². The molecule has 5 nitrogen and oxygen atoms in total. The van der Waals surface area contributed by atoms with Gasteiger partial charge >= 0.3 is 0 Å². The summed E-state index contributed by atoms with van der Waals surface area (Å²) in [6, 6.07) is 18.3. The lowest BCUT2D eigenvalue weighted by molar-refractivity contribution is 0.574. The maximum atomic E-state index is 5.87. The fourth-order valence-corrected chi connectivity index (χ4v) is 2.39. The van der Waals surface area contributed by atoms with Crippen molar-refractivity contribution in [2.45, 2.75) is 0 Å². The highest BCUT2D eigenvalue weighted by atomic mass is 16.3. The molecule has 2 aromatic heterocycles. The van der Waals surface area contributed by atoms with E-state index in [9.17, 15) is 0 Å². The first-order valence-electron chi connectivity index (χ1n) is 6.87. The highest BCUT2D eigenvalue weighted by Gasteiger charge is 2.07. The molecule has 0 aliphatic rings. The lowest BCUT2D eigenvalue weighted by Crippen LogP contribution is -1.85. The lowest BCUT2D eigenvalue weighted by Gasteiger charge is -2.03. The molecular formula is C17H12N4O. The monoisotopic (exact) mass is 288 g/mol. The minimum atomic E-state index is 0.677. The zero-order valence-corrected chi connectivity index (χ0v) is 11.6. The summed E-state index contributed by atoms with van der Waals surface area (Å²) in [6.45, 7) is 0. The van der Waals surface area contributed by atoms with E-state index in [-0.39, 0.29) is 0 Å². The fourth-order valence-electron chi connectivity index (χ4n) is 2.39. The van der Waals surface area contributed by atoms with Crippen LogP contribution in [0.2, 0.25) is 0 Å². The van der Waals surface area contributed by atoms with E-state index in [1.54, 1.807) is 6.21 Å². The van der Waals surface area contributed by atoms with Crippen molar-refractivity contribution in [2.75, 3.05) is 0 Å². The van der Waals surface area contributed by atoms with E-state index in [1.165, 1.54) is 28.1 Å². The van der Waals surface area contributed by atoms with Crippen molar-refractivity contribution in [1.82, 2.24) is 14.9 Å². The minimum Gasteiger partial charge on any atom is -0.455 e. The SMILES string of the molecule is C(=Nn1cnnc1)c1ccc(-c2cccc3ccccc23)o1. The second kappa shape index (κ2) is 5.29. The first kappa shape index (κ1) is 12.5. The minimum absolute atomic E-state index is 0.677. The second-order valence-corrected chi connectivity index (χ2v) is 4.82. The Morgan fingerprint density at radius 3 is 2.64 bits per heavy atom. The van der Waals surface area contributed by atoms with Crippen LogP contribution in [0.1, 0.15) is 5.76 Å². The van der Waals surface area contributed by atoms with Gasteiger partial charge in [0.1, 0.15) is 24.2 Å². The van der Waals surface area contributed by atoms with Gasteiger partial charge in [-0.15, -0.1) is 10.2 Å². The Bertz CT molecular complexity index is 933. The average molecular weight is 288 g/mol. The third kappa shape index (κ3) is 2.29. The molecule has 0 spiro atoms. The Hall–Kier alpha value is -3.21. The first-order valence-corrected chi connectivity index (χ1v) is 6.87. The summed E-state index contributed by atoms with van der Waals surface area (Å²) < 4.78 is 7.39. The summed E-state index contributed by atoms with van der Waals surface area (Å²) in [6.07, 6.45) is 4.67. The van der Waals surface area contributed by atoms with E-state index in [0.29, 0.717) is 5.76 Å². The van der Waals surface area contributed by atoms with Gasteiger partial charge in [0.05, 0.1) is 6.21 Å². The van der Waals surface area contributed by atoms with Crippen molar-refractivity contribution in [1.29, 1.82) is 0 Å². The summed E-state index contributed by atoms with van der Waals surface area (Å²) in [7, 11) is 0. The van der Waals surface area contributed by atoms with Crippen LogP contribution in [0.5, 0.6) is 0 Å². The van der Waals surface area contributed by atoms with Crippen LogP contribution in [0.4, 0.5) is 0 Å². The quantitative estimate of drug-likeness (QED) is 0.541. The van der Waals surface area contributed by atoms with Crippen molar-refractivity contribution < 1.29 is 4.42 Å². The molecule has 0 aliphatic carbocycles. The van der Waals surface area contributed by atoms with Gasteiger partial charge in [-0.1, -0.05) is 42.5 Å². The highest BCUT2D eigenvalue weighted by molar-refractivity contribution is 5.95. The molecule has 0 amide bonds. The van der Waals surface area contributed by atoms with Gasteiger partial charge in [0.25, 0.3) is 0 Å². The zero-order valence-electron chi connectivity index (χ0n) is 11.6. The van der Waals surface area contributed by atoms with Crippen LogP contribution in [0.15, 0.2) is 76.8 Å². The number of benzene rings is 2. The summed E-state index contributed by atoms with van der Waals surface area (Å²) in [5, 5.41) is 13.9. The van der Waals surface area contributed by atoms with Crippen LogP contribution in [-0.4, -0.2) is 21.1 Å². The Kier molecular flexibility index (Phi) is 3.01. The summed E-state index contributed by atoms with van der Waals surface area (Å²) in [4.78, 5) is 0. The van der Waals surface area contributed by atoms with Gasteiger partial charge in [0.15, 0.2) is 0 Å². The van der Waals surface area contributed by atoms with Gasteiger partial charge in [-0.25, -0.2) is 4.68 Å². The van der Waals surface area contributed by atoms with E-state index >= 15 is 0 Å². The molecule has 5 heteroatoms. The molecule has 0 radical (unpaired) electrons. The third-order valence-electron chi connectivity index (χ3n) is 3.41. The van der Waals surface area contributed by atoms with Gasteiger partial charge in [-0.3, -0.25) is 0 Å². The number of nitrogens with zero attached hydrogens (tertiary/aromatic N) is 4. The molecule has 0 saturated carbocycles. The molecule has 2 heterocycles. The van der Waals surface area contributed by atoms with Gasteiger partial charge in [-0.05, 0) is 22.9 Å². The normalized spacial score (nSPS) is 11.5. The predicted octanol–water partition coefficient (Wildman–Crippen LogP) is 3.57. The Morgan fingerprint density at radius 1 is 0.909 bits per heavy atom. The summed E-state index contributed by atoms with van der Waals surface area (Å²) in [5.41, 5.74) is 1.07. The van der Waals surface area contributed by atoms with Crippen LogP contribution in [-0.2, 0) is 0 Å². The zero-order chi connectivity index (χ0) is 14.8. The average Bonchev–Trinajstić information content (AvgIpc) is 3.24. The standard InChI is InChI=1S/C17H12N4O/c1-2-6-15-13(4-1)5-3-7-16(15)17-9-8-14(22-17)10-20-21-11-18-19-12-21/h1-12H. The predicted molar refractivity (Wildman–Crippen MR) is 84.7 cm³/mol. The van der Waals surface area contributed by atoms with E-state index in [0.717, 1.165) is 11.3 Å². The molecule has 0 atom stereocenters. The second-order valence-electron chi connectivity index (χ2n) is 4.82. The largest absolute Gasteiger partial charge is 0.455 e. The molecule has 0 fully saturated rings. The molecule has 22 heavy (non-hydrogen) atoms. The van der Waals surface area contributed by atoms with Crippen molar-refractivity contribution in [3.05, 3.63) is 73.0 Å². The Balaban J connectivity index is 1.71. The lowest BCUT2D eigenvalue weighted by atomic mass is 10.0. The smallest absolute Gasteiger partial charge is 0.147 e. The highest BCUT2D eigenvalue weighted by Crippen LogP contribution is 2.29. The van der Waals surface area contributed by atoms with Crippen LogP contribution in [0.3, 0.4) is 0 Å². The third-order valence-corrected chi connectivity index (χ3v) is 3.41. The van der Waals surface area contributed by atoms with Crippen LogP contribution in [0.25, 0.3) is 22.1 Å². The fraction of sp³-hybridized carbons (Fsp3) is 0. The van der Waals surface area contributed by atoms with E-state index in [1.807, 2.05) is 30.3 Å². The molecule has 0 bridgehead atoms. The molecule has 106 valence electrons. The Morgan fingerprint density at radius 2 is 1.73 bits per heavy atom. The number of hydrogen-bond donors (Lipinski definition) is 0. The van der Waals surface area contributed by atoms with Crippen molar-refractivity contribution >= 4 is 17.0 Å². The summed E-state index contributed by atoms with van der Waals surface area (Å²) in [5.74, 6) is 1.50. The van der Waals surface area contributed by atoms with Crippen LogP contribution < -0.4 is 0 Å². The maximum Gasteiger partial charge on any atom is 0.147 e. The number of aromatic nitrogens is 3. The molecule has 4 rings (SSSR count). The van der Waals surface area contributed by atoms with Gasteiger partial charge < -0.3 is 4.42 Å². The van der Waals surface area contributed by atoms with Crippen molar-refractivity contribution in [2.24, 2.45) is 5.10 Å². The number of fused-ring (bicyclic) bond motifs is 1. The number of hydrogen-bond acceptors (Lipinski definition) is 4. The van der Waals surface area contributed by atoms with Gasteiger partial charge in [0.2, 0.25) is 0 Å². The molecule has 0 aliphatic heterocycles. The van der Waals surface area contributed by atoms with E-state index in [4.69, 9.17) is 4.42 Å². The van der Waals surface area contributed by atoms with Crippen molar-refractivity contribution in [3.63, 3.8) is 0 Å². The molecule has 0 N–H and O–H groups in total. The number of rotatable bonds is 3. The van der Waals surface area contributed by atoms with E-state index < -0.39 is 0 Å². The van der Waals surface area contributed by atoms with Crippen LogP contribution >= 0.6 is 0 Å². The first-order chi connectivity index (χ1) is 10.9. The molecule has 2 aromatic carbocycles. The Labute approximate surface area is 126 Å². The van der Waals surface area contributed by atoms with Crippen molar-refractivity contribution in [3.8, 4) is 11.3 Å². The van der Waals surface area contributed by atoms with Crippen LogP contribution in [0, 0.1) is 0 Å².